The summed E-state index contributed by atoms with van der Waals surface area (Å²) in [6.45, 7) is 3.39. The fourth-order valence-corrected chi connectivity index (χ4v) is 2.04. The van der Waals surface area contributed by atoms with Crippen LogP contribution in [0.4, 0.5) is 0 Å². The molecule has 0 saturated heterocycles. The van der Waals surface area contributed by atoms with E-state index >= 15 is 0 Å². The van der Waals surface area contributed by atoms with Gasteiger partial charge in [-0.1, -0.05) is 25.1 Å². The molecule has 0 aliphatic rings. The first kappa shape index (κ1) is 15.5. The van der Waals surface area contributed by atoms with Crippen molar-refractivity contribution in [1.29, 1.82) is 0 Å². The van der Waals surface area contributed by atoms with Crippen LogP contribution in [0.5, 0.6) is 5.75 Å². The Balaban J connectivity index is 2.43. The summed E-state index contributed by atoms with van der Waals surface area (Å²) < 4.78 is 5.29. The standard InChI is InChI=1S/C15H24N2O2/c1-4-12(11-16-2)15(18)17-10-9-13-7-5-6-8-14(13)19-3/h5-8,12,16H,4,9-11H2,1-3H3,(H,17,18). The van der Waals surface area contributed by atoms with E-state index in [-0.39, 0.29) is 11.8 Å². The van der Waals surface area contributed by atoms with Crippen molar-refractivity contribution in [2.75, 3.05) is 27.2 Å². The molecule has 1 atom stereocenters. The average Bonchev–Trinajstić information content (AvgIpc) is 2.45. The molecule has 0 radical (unpaired) electrons. The lowest BCUT2D eigenvalue weighted by Crippen LogP contribution is -2.36. The highest BCUT2D eigenvalue weighted by Crippen LogP contribution is 2.17. The SMILES string of the molecule is CCC(CNC)C(=O)NCCc1ccccc1OC. The van der Waals surface area contributed by atoms with E-state index < -0.39 is 0 Å². The highest BCUT2D eigenvalue weighted by molar-refractivity contribution is 5.78. The molecule has 0 aliphatic carbocycles. The Labute approximate surface area is 115 Å². The Bertz CT molecular complexity index is 393. The minimum absolute atomic E-state index is 0.0441. The number of ether oxygens (including phenoxy) is 1. The molecule has 0 aliphatic heterocycles. The molecule has 4 nitrogen and oxygen atoms in total. The second-order valence-electron chi connectivity index (χ2n) is 4.52. The highest BCUT2D eigenvalue weighted by atomic mass is 16.5. The molecule has 0 saturated carbocycles. The van der Waals surface area contributed by atoms with E-state index in [0.717, 1.165) is 30.7 Å². The molecule has 0 heterocycles. The second-order valence-corrected chi connectivity index (χ2v) is 4.52. The van der Waals surface area contributed by atoms with Gasteiger partial charge in [0, 0.05) is 13.1 Å². The van der Waals surface area contributed by atoms with E-state index in [1.54, 1.807) is 7.11 Å². The van der Waals surface area contributed by atoms with E-state index in [4.69, 9.17) is 4.74 Å². The molecule has 1 aromatic rings. The van der Waals surface area contributed by atoms with Crippen LogP contribution in [-0.4, -0.2) is 33.2 Å². The third-order valence-electron chi connectivity index (χ3n) is 3.20. The minimum Gasteiger partial charge on any atom is -0.496 e. The van der Waals surface area contributed by atoms with Crippen molar-refractivity contribution in [3.05, 3.63) is 29.8 Å². The molecule has 1 rings (SSSR count). The number of amides is 1. The lowest BCUT2D eigenvalue weighted by atomic mass is 10.1. The number of nitrogens with one attached hydrogen (secondary N) is 2. The van der Waals surface area contributed by atoms with Gasteiger partial charge in [0.15, 0.2) is 0 Å². The van der Waals surface area contributed by atoms with Gasteiger partial charge in [-0.05, 0) is 31.5 Å². The maximum atomic E-state index is 11.9. The smallest absolute Gasteiger partial charge is 0.224 e. The van der Waals surface area contributed by atoms with Gasteiger partial charge in [0.1, 0.15) is 5.75 Å². The second kappa shape index (κ2) is 8.53. The zero-order valence-electron chi connectivity index (χ0n) is 12.0. The normalized spacial score (nSPS) is 11.9. The maximum absolute atomic E-state index is 11.9. The number of benzene rings is 1. The molecule has 1 unspecified atom stereocenters. The van der Waals surface area contributed by atoms with Crippen molar-refractivity contribution < 1.29 is 9.53 Å². The van der Waals surface area contributed by atoms with Gasteiger partial charge in [-0.25, -0.2) is 0 Å². The number of carbonyl (C=O) groups is 1. The van der Waals surface area contributed by atoms with Crippen molar-refractivity contribution in [3.63, 3.8) is 0 Å². The molecule has 2 N–H and O–H groups in total. The number of carbonyl (C=O) groups excluding carboxylic acids is 1. The van der Waals surface area contributed by atoms with Crippen LogP contribution in [0.25, 0.3) is 0 Å². The van der Waals surface area contributed by atoms with Crippen molar-refractivity contribution in [2.24, 2.45) is 5.92 Å². The van der Waals surface area contributed by atoms with Crippen LogP contribution in [0.1, 0.15) is 18.9 Å². The predicted molar refractivity (Wildman–Crippen MR) is 77.4 cm³/mol. The largest absolute Gasteiger partial charge is 0.496 e. The van der Waals surface area contributed by atoms with Crippen LogP contribution in [0, 0.1) is 5.92 Å². The molecule has 19 heavy (non-hydrogen) atoms. The van der Waals surface area contributed by atoms with Crippen molar-refractivity contribution in [1.82, 2.24) is 10.6 Å². The number of rotatable bonds is 8. The van der Waals surface area contributed by atoms with Gasteiger partial charge in [0.05, 0.1) is 13.0 Å². The quantitative estimate of drug-likeness (QED) is 0.750. The Kier molecular flexibility index (Phi) is 6.97. The summed E-state index contributed by atoms with van der Waals surface area (Å²) in [5.74, 6) is 1.04. The molecule has 0 aromatic heterocycles. The number of hydrogen-bond acceptors (Lipinski definition) is 3. The van der Waals surface area contributed by atoms with Gasteiger partial charge in [0.2, 0.25) is 5.91 Å². The van der Waals surface area contributed by atoms with Crippen LogP contribution in [0.3, 0.4) is 0 Å². The first-order valence-corrected chi connectivity index (χ1v) is 6.77. The molecule has 4 heteroatoms. The topological polar surface area (TPSA) is 50.4 Å². The average molecular weight is 264 g/mol. The summed E-state index contributed by atoms with van der Waals surface area (Å²) in [5.41, 5.74) is 1.12. The summed E-state index contributed by atoms with van der Waals surface area (Å²) >= 11 is 0. The van der Waals surface area contributed by atoms with E-state index in [0.29, 0.717) is 6.54 Å². The zero-order valence-corrected chi connectivity index (χ0v) is 12.0. The van der Waals surface area contributed by atoms with E-state index in [1.807, 2.05) is 38.2 Å². The number of para-hydroxylation sites is 1. The van der Waals surface area contributed by atoms with Gasteiger partial charge in [-0.3, -0.25) is 4.79 Å². The first-order chi connectivity index (χ1) is 9.22. The summed E-state index contributed by atoms with van der Waals surface area (Å²) in [4.78, 5) is 11.9. The van der Waals surface area contributed by atoms with Crippen LogP contribution < -0.4 is 15.4 Å². The molecule has 1 amide bonds. The van der Waals surface area contributed by atoms with Crippen molar-refractivity contribution >= 4 is 5.91 Å². The fraction of sp³-hybridized carbons (Fsp3) is 0.533. The monoisotopic (exact) mass is 264 g/mol. The van der Waals surface area contributed by atoms with E-state index in [2.05, 4.69) is 10.6 Å². The van der Waals surface area contributed by atoms with Gasteiger partial charge in [-0.15, -0.1) is 0 Å². The predicted octanol–water partition coefficient (Wildman–Crippen LogP) is 1.60. The van der Waals surface area contributed by atoms with Crippen LogP contribution >= 0.6 is 0 Å². The maximum Gasteiger partial charge on any atom is 0.224 e. The molecule has 0 fully saturated rings. The first-order valence-electron chi connectivity index (χ1n) is 6.77. The summed E-state index contributed by atoms with van der Waals surface area (Å²) in [6, 6.07) is 7.89. The molecule has 0 bridgehead atoms. The third-order valence-corrected chi connectivity index (χ3v) is 3.20. The van der Waals surface area contributed by atoms with Gasteiger partial charge in [0.25, 0.3) is 0 Å². The summed E-state index contributed by atoms with van der Waals surface area (Å²) in [5, 5.41) is 6.03. The van der Waals surface area contributed by atoms with Gasteiger partial charge in [-0.2, -0.15) is 0 Å². The van der Waals surface area contributed by atoms with E-state index in [1.165, 1.54) is 0 Å². The lowest BCUT2D eigenvalue weighted by molar-refractivity contribution is -0.124. The number of methoxy groups -OCH3 is 1. The molecule has 106 valence electrons. The van der Waals surface area contributed by atoms with Gasteiger partial charge >= 0.3 is 0 Å². The molecular weight excluding hydrogens is 240 g/mol. The molecular formula is C15H24N2O2. The Morgan fingerprint density at radius 1 is 1.37 bits per heavy atom. The van der Waals surface area contributed by atoms with Gasteiger partial charge < -0.3 is 15.4 Å². The Hall–Kier alpha value is -1.55. The van der Waals surface area contributed by atoms with E-state index in [9.17, 15) is 4.79 Å². The number of hydrogen-bond donors (Lipinski definition) is 2. The van der Waals surface area contributed by atoms with Crippen LogP contribution in [-0.2, 0) is 11.2 Å². The Morgan fingerprint density at radius 3 is 2.74 bits per heavy atom. The molecule has 0 spiro atoms. The van der Waals surface area contributed by atoms with Crippen molar-refractivity contribution in [2.45, 2.75) is 19.8 Å². The zero-order chi connectivity index (χ0) is 14.1. The van der Waals surface area contributed by atoms with Crippen LogP contribution in [0.15, 0.2) is 24.3 Å². The summed E-state index contributed by atoms with van der Waals surface area (Å²) in [7, 11) is 3.53. The van der Waals surface area contributed by atoms with Crippen molar-refractivity contribution in [3.8, 4) is 5.75 Å². The molecule has 1 aromatic carbocycles. The Morgan fingerprint density at radius 2 is 2.11 bits per heavy atom. The minimum atomic E-state index is 0.0441. The summed E-state index contributed by atoms with van der Waals surface area (Å²) in [6.07, 6.45) is 1.63. The van der Waals surface area contributed by atoms with Crippen LogP contribution in [0.2, 0.25) is 0 Å². The third kappa shape index (κ3) is 4.91. The lowest BCUT2D eigenvalue weighted by Gasteiger charge is -2.15. The fourth-order valence-electron chi connectivity index (χ4n) is 2.04. The highest BCUT2D eigenvalue weighted by Gasteiger charge is 2.14.